The summed E-state index contributed by atoms with van der Waals surface area (Å²) in [6.07, 6.45) is 2.49. The van der Waals surface area contributed by atoms with Crippen LogP contribution >= 0.6 is 0 Å². The fourth-order valence-electron chi connectivity index (χ4n) is 1.83. The van der Waals surface area contributed by atoms with E-state index in [1.165, 1.54) is 0 Å². The van der Waals surface area contributed by atoms with E-state index in [2.05, 4.69) is 6.92 Å². The van der Waals surface area contributed by atoms with E-state index in [4.69, 9.17) is 5.11 Å². The minimum atomic E-state index is -0.640. The van der Waals surface area contributed by atoms with Crippen LogP contribution in [0.2, 0.25) is 0 Å². The maximum Gasteiger partial charge on any atom is 0.0839 e. The molecule has 1 aromatic rings. The lowest BCUT2D eigenvalue weighted by molar-refractivity contribution is 0.0693. The van der Waals surface area contributed by atoms with Crippen molar-refractivity contribution in [3.05, 3.63) is 35.9 Å². The Hall–Kier alpha value is -0.860. The van der Waals surface area contributed by atoms with Crippen molar-refractivity contribution >= 4 is 0 Å². The Balaban J connectivity index is 2.72. The predicted molar refractivity (Wildman–Crippen MR) is 61.8 cm³/mol. The summed E-state index contributed by atoms with van der Waals surface area (Å²) in [4.78, 5) is 0. The van der Waals surface area contributed by atoms with E-state index in [-0.39, 0.29) is 12.5 Å². The van der Waals surface area contributed by atoms with Gasteiger partial charge in [0.1, 0.15) is 0 Å². The standard InChI is InChI=1S/C13H20O2/c1-2-3-9-12(13(15)10-14)11-7-5-4-6-8-11/h4-8,12-15H,2-3,9-10H2,1H3. The third-order valence-corrected chi connectivity index (χ3v) is 2.75. The second-order valence-electron chi connectivity index (χ2n) is 3.91. The van der Waals surface area contributed by atoms with Crippen molar-refractivity contribution in [1.82, 2.24) is 0 Å². The van der Waals surface area contributed by atoms with Gasteiger partial charge in [0, 0.05) is 5.92 Å². The van der Waals surface area contributed by atoms with E-state index >= 15 is 0 Å². The molecule has 0 amide bonds. The van der Waals surface area contributed by atoms with Crippen LogP contribution < -0.4 is 0 Å². The topological polar surface area (TPSA) is 40.5 Å². The molecule has 0 spiro atoms. The van der Waals surface area contributed by atoms with Crippen molar-refractivity contribution in [2.45, 2.75) is 38.2 Å². The normalized spacial score (nSPS) is 14.9. The summed E-state index contributed by atoms with van der Waals surface area (Å²) < 4.78 is 0. The van der Waals surface area contributed by atoms with E-state index < -0.39 is 6.10 Å². The summed E-state index contributed by atoms with van der Waals surface area (Å²) in [5.41, 5.74) is 1.12. The van der Waals surface area contributed by atoms with Crippen LogP contribution in [0, 0.1) is 0 Å². The van der Waals surface area contributed by atoms with Gasteiger partial charge in [0.15, 0.2) is 0 Å². The Morgan fingerprint density at radius 2 is 1.87 bits per heavy atom. The molecule has 2 nitrogen and oxygen atoms in total. The van der Waals surface area contributed by atoms with Gasteiger partial charge in [-0.2, -0.15) is 0 Å². The van der Waals surface area contributed by atoms with Gasteiger partial charge in [-0.3, -0.25) is 0 Å². The highest BCUT2D eigenvalue weighted by Crippen LogP contribution is 2.25. The smallest absolute Gasteiger partial charge is 0.0839 e. The molecule has 0 radical (unpaired) electrons. The Bertz CT molecular complexity index is 258. The number of rotatable bonds is 6. The lowest BCUT2D eigenvalue weighted by Gasteiger charge is -2.21. The monoisotopic (exact) mass is 208 g/mol. The molecule has 0 aliphatic heterocycles. The minimum Gasteiger partial charge on any atom is -0.394 e. The fraction of sp³-hybridized carbons (Fsp3) is 0.538. The van der Waals surface area contributed by atoms with Gasteiger partial charge < -0.3 is 10.2 Å². The van der Waals surface area contributed by atoms with Gasteiger partial charge in [0.25, 0.3) is 0 Å². The molecule has 0 bridgehead atoms. The third-order valence-electron chi connectivity index (χ3n) is 2.75. The van der Waals surface area contributed by atoms with Gasteiger partial charge in [-0.05, 0) is 12.0 Å². The number of unbranched alkanes of at least 4 members (excludes halogenated alkanes) is 1. The van der Waals surface area contributed by atoms with Crippen molar-refractivity contribution in [2.75, 3.05) is 6.61 Å². The van der Waals surface area contributed by atoms with Gasteiger partial charge in [-0.1, -0.05) is 50.1 Å². The minimum absolute atomic E-state index is 0.0659. The largest absolute Gasteiger partial charge is 0.394 e. The average Bonchev–Trinajstić information content (AvgIpc) is 2.30. The molecule has 0 aromatic heterocycles. The zero-order chi connectivity index (χ0) is 11.1. The number of aliphatic hydroxyl groups excluding tert-OH is 2. The molecule has 2 unspecified atom stereocenters. The summed E-state index contributed by atoms with van der Waals surface area (Å²) in [5.74, 6) is 0.0659. The van der Waals surface area contributed by atoms with Crippen LogP contribution in [0.25, 0.3) is 0 Å². The maximum absolute atomic E-state index is 9.75. The van der Waals surface area contributed by atoms with Gasteiger partial charge in [0.05, 0.1) is 12.7 Å². The SMILES string of the molecule is CCCCC(c1ccccc1)C(O)CO. The lowest BCUT2D eigenvalue weighted by Crippen LogP contribution is -2.22. The molecule has 0 aliphatic carbocycles. The molecule has 84 valence electrons. The second-order valence-corrected chi connectivity index (χ2v) is 3.91. The molecule has 1 aromatic carbocycles. The summed E-state index contributed by atoms with van der Waals surface area (Å²) >= 11 is 0. The summed E-state index contributed by atoms with van der Waals surface area (Å²) in [6, 6.07) is 9.93. The predicted octanol–water partition coefficient (Wildman–Crippen LogP) is 2.31. The molecule has 0 saturated heterocycles. The van der Waals surface area contributed by atoms with Crippen molar-refractivity contribution in [3.8, 4) is 0 Å². The molecule has 2 N–H and O–H groups in total. The van der Waals surface area contributed by atoms with Crippen molar-refractivity contribution in [1.29, 1.82) is 0 Å². The quantitative estimate of drug-likeness (QED) is 0.753. The highest BCUT2D eigenvalue weighted by Gasteiger charge is 2.19. The van der Waals surface area contributed by atoms with E-state index in [0.29, 0.717) is 0 Å². The van der Waals surface area contributed by atoms with Gasteiger partial charge in [-0.15, -0.1) is 0 Å². The molecule has 2 heteroatoms. The van der Waals surface area contributed by atoms with E-state index in [9.17, 15) is 5.11 Å². The van der Waals surface area contributed by atoms with Crippen LogP contribution in [-0.4, -0.2) is 22.9 Å². The Morgan fingerprint density at radius 1 is 1.20 bits per heavy atom. The summed E-state index contributed by atoms with van der Waals surface area (Å²) in [6.45, 7) is 1.97. The number of hydrogen-bond donors (Lipinski definition) is 2. The Kier molecular flexibility index (Phi) is 5.37. The maximum atomic E-state index is 9.75. The molecule has 0 saturated carbocycles. The lowest BCUT2D eigenvalue weighted by atomic mass is 9.89. The first-order valence-corrected chi connectivity index (χ1v) is 5.63. The zero-order valence-corrected chi connectivity index (χ0v) is 9.26. The molecule has 2 atom stereocenters. The molecule has 0 fully saturated rings. The number of benzene rings is 1. The van der Waals surface area contributed by atoms with Gasteiger partial charge in [0.2, 0.25) is 0 Å². The number of aliphatic hydroxyl groups is 2. The zero-order valence-electron chi connectivity index (χ0n) is 9.26. The van der Waals surface area contributed by atoms with Crippen molar-refractivity contribution < 1.29 is 10.2 Å². The molecule has 0 heterocycles. The third kappa shape index (κ3) is 3.65. The van der Waals surface area contributed by atoms with Crippen LogP contribution in [-0.2, 0) is 0 Å². The molecule has 1 rings (SSSR count). The van der Waals surface area contributed by atoms with E-state index in [1.807, 2.05) is 30.3 Å². The Morgan fingerprint density at radius 3 is 2.40 bits per heavy atom. The molecule has 15 heavy (non-hydrogen) atoms. The highest BCUT2D eigenvalue weighted by atomic mass is 16.3. The Labute approximate surface area is 91.6 Å². The van der Waals surface area contributed by atoms with Crippen LogP contribution in [0.3, 0.4) is 0 Å². The first-order chi connectivity index (χ1) is 7.29. The van der Waals surface area contributed by atoms with Crippen LogP contribution in [0.15, 0.2) is 30.3 Å². The second kappa shape index (κ2) is 6.59. The first kappa shape index (κ1) is 12.2. The van der Waals surface area contributed by atoms with Gasteiger partial charge >= 0.3 is 0 Å². The van der Waals surface area contributed by atoms with Crippen molar-refractivity contribution in [3.63, 3.8) is 0 Å². The summed E-state index contributed by atoms with van der Waals surface area (Å²) in [5, 5.41) is 18.8. The van der Waals surface area contributed by atoms with Crippen LogP contribution in [0.4, 0.5) is 0 Å². The van der Waals surface area contributed by atoms with Gasteiger partial charge in [-0.25, -0.2) is 0 Å². The number of hydrogen-bond acceptors (Lipinski definition) is 2. The van der Waals surface area contributed by atoms with E-state index in [1.54, 1.807) is 0 Å². The van der Waals surface area contributed by atoms with Crippen LogP contribution in [0.5, 0.6) is 0 Å². The molecular weight excluding hydrogens is 188 g/mol. The average molecular weight is 208 g/mol. The molecular formula is C13H20O2. The van der Waals surface area contributed by atoms with Crippen LogP contribution in [0.1, 0.15) is 37.7 Å². The summed E-state index contributed by atoms with van der Waals surface area (Å²) in [7, 11) is 0. The first-order valence-electron chi connectivity index (χ1n) is 5.63. The van der Waals surface area contributed by atoms with Crippen molar-refractivity contribution in [2.24, 2.45) is 0 Å². The highest BCUT2D eigenvalue weighted by molar-refractivity contribution is 5.20. The van der Waals surface area contributed by atoms with E-state index in [0.717, 1.165) is 24.8 Å². The fourth-order valence-corrected chi connectivity index (χ4v) is 1.83. The molecule has 0 aliphatic rings.